The van der Waals surface area contributed by atoms with E-state index in [0.717, 1.165) is 5.56 Å². The van der Waals surface area contributed by atoms with Gasteiger partial charge >= 0.3 is 97.5 Å². The van der Waals surface area contributed by atoms with Crippen LogP contribution in [0.3, 0.4) is 0 Å². The van der Waals surface area contributed by atoms with E-state index in [-0.39, 0.29) is 5.78 Å². The second-order valence-corrected chi connectivity index (χ2v) is 8.20. The Morgan fingerprint density at radius 3 is 2.47 bits per heavy atom. The van der Waals surface area contributed by atoms with Crippen molar-refractivity contribution in [2.24, 2.45) is 0 Å². The molecule has 0 radical (unpaired) electrons. The first-order chi connectivity index (χ1) is 7.16. The van der Waals surface area contributed by atoms with Crippen LogP contribution < -0.4 is 0 Å². The van der Waals surface area contributed by atoms with Gasteiger partial charge in [-0.25, -0.2) is 0 Å². The van der Waals surface area contributed by atoms with Crippen LogP contribution in [-0.2, 0) is 0 Å². The molecule has 0 bridgehead atoms. The van der Waals surface area contributed by atoms with Crippen molar-refractivity contribution >= 4 is 37.8 Å². The average molecular weight is 312 g/mol. The van der Waals surface area contributed by atoms with E-state index in [4.69, 9.17) is 0 Å². The molecule has 0 atom stereocenters. The molecular formula is C13H13IO. The molecule has 1 heterocycles. The van der Waals surface area contributed by atoms with Gasteiger partial charge in [-0.05, 0) is 0 Å². The molecular weight excluding hydrogens is 299 g/mol. The molecule has 1 aromatic carbocycles. The third kappa shape index (κ3) is 2.37. The Kier molecular flexibility index (Phi) is 3.05. The standard InChI is InChI=1S/C13H13IO/c1-10(15)12-4-3-11-5-7-14(2)8-6-13(11)9-12/h3-9H,1-2H3. The van der Waals surface area contributed by atoms with Crippen molar-refractivity contribution in [1.82, 2.24) is 0 Å². The molecule has 0 fully saturated rings. The average Bonchev–Trinajstić information content (AvgIpc) is 2.40. The number of alkyl halides is 1. The van der Waals surface area contributed by atoms with E-state index in [2.05, 4.69) is 25.2 Å². The molecule has 1 nitrogen and oxygen atoms in total. The van der Waals surface area contributed by atoms with Gasteiger partial charge in [0.1, 0.15) is 0 Å². The fourth-order valence-electron chi connectivity index (χ4n) is 1.47. The molecule has 1 aromatic rings. The van der Waals surface area contributed by atoms with E-state index in [1.807, 2.05) is 18.2 Å². The second-order valence-electron chi connectivity index (χ2n) is 3.55. The number of benzene rings is 1. The molecule has 2 rings (SSSR count). The summed E-state index contributed by atoms with van der Waals surface area (Å²) in [5.74, 6) is 0.131. The summed E-state index contributed by atoms with van der Waals surface area (Å²) >= 11 is -0.975. The predicted octanol–water partition coefficient (Wildman–Crippen LogP) is 3.98. The Morgan fingerprint density at radius 1 is 1.13 bits per heavy atom. The fraction of sp³-hybridized carbons (Fsp3) is 0.154. The van der Waals surface area contributed by atoms with Crippen molar-refractivity contribution < 1.29 is 4.79 Å². The van der Waals surface area contributed by atoms with E-state index in [9.17, 15) is 4.79 Å². The van der Waals surface area contributed by atoms with Crippen LogP contribution in [-0.4, -0.2) is 10.7 Å². The van der Waals surface area contributed by atoms with Crippen molar-refractivity contribution in [1.29, 1.82) is 0 Å². The van der Waals surface area contributed by atoms with Crippen LogP contribution in [0.5, 0.6) is 0 Å². The number of fused-ring (bicyclic) bond motifs is 1. The van der Waals surface area contributed by atoms with E-state index < -0.39 is 19.8 Å². The molecule has 15 heavy (non-hydrogen) atoms. The number of hydrogen-bond donors (Lipinski definition) is 0. The Bertz CT molecular complexity index is 458. The summed E-state index contributed by atoms with van der Waals surface area (Å²) in [6, 6.07) is 5.91. The van der Waals surface area contributed by atoms with E-state index in [1.165, 1.54) is 11.1 Å². The number of carbonyl (C=O) groups is 1. The molecule has 1 aliphatic rings. The molecule has 2 heteroatoms. The SMILES string of the molecule is CC(=O)c1ccc2c(c1)C=CI(C)C=C2. The molecule has 0 spiro atoms. The Morgan fingerprint density at radius 2 is 1.80 bits per heavy atom. The summed E-state index contributed by atoms with van der Waals surface area (Å²) in [6.07, 6.45) is 4.34. The van der Waals surface area contributed by atoms with Gasteiger partial charge in [-0.2, -0.15) is 0 Å². The zero-order valence-corrected chi connectivity index (χ0v) is 11.0. The van der Waals surface area contributed by atoms with Crippen molar-refractivity contribution in [2.45, 2.75) is 6.92 Å². The van der Waals surface area contributed by atoms with Gasteiger partial charge < -0.3 is 0 Å². The Balaban J connectivity index is 2.50. The quantitative estimate of drug-likeness (QED) is 0.435. The number of halogens is 1. The molecule has 78 valence electrons. The molecule has 0 saturated heterocycles. The van der Waals surface area contributed by atoms with E-state index in [0.29, 0.717) is 0 Å². The van der Waals surface area contributed by atoms with Gasteiger partial charge in [0, 0.05) is 0 Å². The number of rotatable bonds is 1. The fourth-order valence-corrected chi connectivity index (χ4v) is 3.62. The zero-order valence-electron chi connectivity index (χ0n) is 8.83. The summed E-state index contributed by atoms with van der Waals surface area (Å²) in [6.45, 7) is 1.61. The molecule has 0 saturated carbocycles. The van der Waals surface area contributed by atoms with E-state index >= 15 is 0 Å². The molecule has 0 aromatic heterocycles. The summed E-state index contributed by atoms with van der Waals surface area (Å²) in [7, 11) is 0. The third-order valence-corrected chi connectivity index (χ3v) is 5.36. The molecule has 1 aliphatic heterocycles. The Labute approximate surface area is 97.3 Å². The Hall–Kier alpha value is -0.900. The number of ketones is 1. The summed E-state index contributed by atoms with van der Waals surface area (Å²) in [5, 5.41) is 0. The minimum atomic E-state index is -0.975. The maximum absolute atomic E-state index is 11.2. The van der Waals surface area contributed by atoms with Crippen LogP contribution in [0, 0.1) is 0 Å². The van der Waals surface area contributed by atoms with Gasteiger partial charge in [-0.3, -0.25) is 0 Å². The summed E-state index contributed by atoms with van der Waals surface area (Å²) in [5.41, 5.74) is 3.18. The first-order valence-electron chi connectivity index (χ1n) is 4.75. The summed E-state index contributed by atoms with van der Waals surface area (Å²) in [4.78, 5) is 13.5. The van der Waals surface area contributed by atoms with Gasteiger partial charge in [0.15, 0.2) is 0 Å². The predicted molar refractivity (Wildman–Crippen MR) is 74.5 cm³/mol. The van der Waals surface area contributed by atoms with Gasteiger partial charge in [0.05, 0.1) is 0 Å². The first-order valence-corrected chi connectivity index (χ1v) is 9.40. The molecule has 0 unspecified atom stereocenters. The number of Topliss-reactive ketones (excluding diaryl/α,β-unsaturated/α-hetero) is 1. The van der Waals surface area contributed by atoms with Gasteiger partial charge in [-0.15, -0.1) is 0 Å². The van der Waals surface area contributed by atoms with Gasteiger partial charge in [0.2, 0.25) is 0 Å². The topological polar surface area (TPSA) is 17.1 Å². The molecule has 0 N–H and O–H groups in total. The monoisotopic (exact) mass is 312 g/mol. The van der Waals surface area contributed by atoms with Gasteiger partial charge in [-0.1, -0.05) is 0 Å². The van der Waals surface area contributed by atoms with Crippen molar-refractivity contribution in [2.75, 3.05) is 4.93 Å². The van der Waals surface area contributed by atoms with E-state index in [1.54, 1.807) is 6.92 Å². The van der Waals surface area contributed by atoms with Crippen LogP contribution in [0.2, 0.25) is 0 Å². The van der Waals surface area contributed by atoms with Crippen LogP contribution in [0.15, 0.2) is 26.4 Å². The van der Waals surface area contributed by atoms with Crippen molar-refractivity contribution in [3.05, 3.63) is 43.1 Å². The summed E-state index contributed by atoms with van der Waals surface area (Å²) < 4.78 is 4.62. The second kappa shape index (κ2) is 4.31. The van der Waals surface area contributed by atoms with Crippen LogP contribution >= 0.6 is 19.8 Å². The van der Waals surface area contributed by atoms with Crippen molar-refractivity contribution in [3.8, 4) is 0 Å². The minimum absolute atomic E-state index is 0.131. The third-order valence-electron chi connectivity index (χ3n) is 2.38. The van der Waals surface area contributed by atoms with Gasteiger partial charge in [0.25, 0.3) is 0 Å². The molecule has 0 aliphatic carbocycles. The first kappa shape index (κ1) is 10.6. The van der Waals surface area contributed by atoms with Crippen molar-refractivity contribution in [3.63, 3.8) is 0 Å². The van der Waals surface area contributed by atoms with Crippen LogP contribution in [0.1, 0.15) is 28.4 Å². The maximum atomic E-state index is 11.2. The van der Waals surface area contributed by atoms with Crippen LogP contribution in [0.4, 0.5) is 0 Å². The molecule has 0 amide bonds. The normalized spacial score (nSPS) is 16.0. The van der Waals surface area contributed by atoms with Crippen LogP contribution in [0.25, 0.3) is 12.2 Å². The number of carbonyl (C=O) groups excluding carboxylic acids is 1. The zero-order chi connectivity index (χ0) is 10.8. The number of hydrogen-bond acceptors (Lipinski definition) is 1.